The Morgan fingerprint density at radius 1 is 1.41 bits per heavy atom. The highest BCUT2D eigenvalue weighted by Crippen LogP contribution is 2.18. The highest BCUT2D eigenvalue weighted by molar-refractivity contribution is 14.0. The molecular formula is C18H26FIN6O. The number of ether oxygens (including phenoxy) is 1. The molecule has 1 aromatic heterocycles. The number of aryl methyl sites for hydroxylation is 1. The lowest BCUT2D eigenvalue weighted by molar-refractivity contribution is 0.321. The zero-order valence-corrected chi connectivity index (χ0v) is 17.9. The molecule has 2 aromatic rings. The van der Waals surface area contributed by atoms with Crippen LogP contribution in [0.15, 0.2) is 29.5 Å². The third-order valence-electron chi connectivity index (χ3n) is 4.21. The van der Waals surface area contributed by atoms with E-state index in [1.54, 1.807) is 12.4 Å². The van der Waals surface area contributed by atoms with Crippen LogP contribution < -0.4 is 15.4 Å². The topological polar surface area (TPSA) is 76.4 Å². The summed E-state index contributed by atoms with van der Waals surface area (Å²) in [5, 5.41) is 10.9. The number of nitrogens with one attached hydrogen (secondary N) is 2. The first-order valence-electron chi connectivity index (χ1n) is 9.02. The highest BCUT2D eigenvalue weighted by Gasteiger charge is 2.20. The van der Waals surface area contributed by atoms with Gasteiger partial charge in [-0.25, -0.2) is 19.0 Å². The number of fused-ring (bicyclic) bond motifs is 1. The van der Waals surface area contributed by atoms with Gasteiger partial charge in [-0.2, -0.15) is 5.10 Å². The van der Waals surface area contributed by atoms with E-state index in [0.717, 1.165) is 43.3 Å². The van der Waals surface area contributed by atoms with Crippen molar-refractivity contribution in [2.45, 2.75) is 45.8 Å². The number of aromatic nitrogens is 3. The lowest BCUT2D eigenvalue weighted by atomic mass is 10.1. The van der Waals surface area contributed by atoms with E-state index in [0.29, 0.717) is 13.2 Å². The fourth-order valence-corrected chi connectivity index (χ4v) is 2.95. The van der Waals surface area contributed by atoms with Crippen molar-refractivity contribution in [3.8, 4) is 5.75 Å². The van der Waals surface area contributed by atoms with E-state index in [-0.39, 0.29) is 41.6 Å². The van der Waals surface area contributed by atoms with E-state index < -0.39 is 0 Å². The Hall–Kier alpha value is -1.91. The van der Waals surface area contributed by atoms with Gasteiger partial charge in [0.1, 0.15) is 12.2 Å². The van der Waals surface area contributed by atoms with Crippen LogP contribution in [0.5, 0.6) is 5.75 Å². The van der Waals surface area contributed by atoms with E-state index in [2.05, 4.69) is 25.7 Å². The Bertz CT molecular complexity index is 766. The van der Waals surface area contributed by atoms with Crippen LogP contribution in [0.25, 0.3) is 0 Å². The van der Waals surface area contributed by atoms with E-state index in [1.165, 1.54) is 6.07 Å². The fraction of sp³-hybridized carbons (Fsp3) is 0.500. The summed E-state index contributed by atoms with van der Waals surface area (Å²) in [6.07, 6.45) is 3.46. The number of halogens is 2. The summed E-state index contributed by atoms with van der Waals surface area (Å²) in [5.74, 6) is 1.66. The summed E-state index contributed by atoms with van der Waals surface area (Å²) in [6, 6.07) is 5.19. The van der Waals surface area contributed by atoms with Crippen LogP contribution in [-0.4, -0.2) is 39.9 Å². The molecule has 7 nitrogen and oxygen atoms in total. The Morgan fingerprint density at radius 3 is 3.00 bits per heavy atom. The predicted octanol–water partition coefficient (Wildman–Crippen LogP) is 2.50. The van der Waals surface area contributed by atoms with Crippen LogP contribution in [0, 0.1) is 5.82 Å². The van der Waals surface area contributed by atoms with Crippen LogP contribution in [0.4, 0.5) is 4.39 Å². The quantitative estimate of drug-likeness (QED) is 0.372. The number of guanidine groups is 1. The van der Waals surface area contributed by atoms with Crippen LogP contribution in [-0.2, 0) is 19.5 Å². The molecule has 0 saturated carbocycles. The summed E-state index contributed by atoms with van der Waals surface area (Å²) < 4.78 is 21.1. The third-order valence-corrected chi connectivity index (χ3v) is 4.21. The lowest BCUT2D eigenvalue weighted by Crippen LogP contribution is -2.47. The average Bonchev–Trinajstić information content (AvgIpc) is 3.10. The molecule has 1 atom stereocenters. The maximum absolute atomic E-state index is 14.0. The monoisotopic (exact) mass is 488 g/mol. The van der Waals surface area contributed by atoms with Crippen molar-refractivity contribution in [2.75, 3.05) is 13.2 Å². The summed E-state index contributed by atoms with van der Waals surface area (Å²) in [7, 11) is 0. The third kappa shape index (κ3) is 5.78. The maximum atomic E-state index is 14.0. The maximum Gasteiger partial charge on any atom is 0.191 e. The first-order chi connectivity index (χ1) is 12.7. The van der Waals surface area contributed by atoms with Gasteiger partial charge in [0, 0.05) is 19.0 Å². The summed E-state index contributed by atoms with van der Waals surface area (Å²) in [4.78, 5) is 8.82. The van der Waals surface area contributed by atoms with Gasteiger partial charge in [0.2, 0.25) is 0 Å². The first kappa shape index (κ1) is 21.4. The molecule has 148 valence electrons. The van der Waals surface area contributed by atoms with Crippen LogP contribution in [0.2, 0.25) is 0 Å². The second-order valence-corrected chi connectivity index (χ2v) is 6.13. The van der Waals surface area contributed by atoms with Gasteiger partial charge >= 0.3 is 0 Å². The first-order valence-corrected chi connectivity index (χ1v) is 9.02. The fourth-order valence-electron chi connectivity index (χ4n) is 2.95. The largest absolute Gasteiger partial charge is 0.491 e. The second kappa shape index (κ2) is 10.4. The minimum absolute atomic E-state index is 0. The van der Waals surface area contributed by atoms with Gasteiger partial charge in [-0.05, 0) is 38.0 Å². The van der Waals surface area contributed by atoms with E-state index >= 15 is 0 Å². The molecule has 2 N–H and O–H groups in total. The molecule has 3 rings (SSSR count). The van der Waals surface area contributed by atoms with Gasteiger partial charge < -0.3 is 15.4 Å². The Balaban J connectivity index is 0.00000261. The summed E-state index contributed by atoms with van der Waals surface area (Å²) in [6.45, 7) is 6.20. The lowest BCUT2D eigenvalue weighted by Gasteiger charge is -2.25. The molecule has 27 heavy (non-hydrogen) atoms. The molecule has 0 radical (unpaired) electrons. The number of hydrogen-bond donors (Lipinski definition) is 2. The smallest absolute Gasteiger partial charge is 0.191 e. The minimum atomic E-state index is -0.358. The molecule has 0 spiro atoms. The van der Waals surface area contributed by atoms with Crippen molar-refractivity contribution in [2.24, 2.45) is 4.99 Å². The predicted molar refractivity (Wildman–Crippen MR) is 113 cm³/mol. The molecule has 1 aliphatic rings. The number of hydrogen-bond acceptors (Lipinski definition) is 4. The van der Waals surface area contributed by atoms with Crippen LogP contribution in [0.3, 0.4) is 0 Å². The molecule has 0 bridgehead atoms. The second-order valence-electron chi connectivity index (χ2n) is 6.13. The Morgan fingerprint density at radius 2 is 2.26 bits per heavy atom. The minimum Gasteiger partial charge on any atom is -0.491 e. The number of nitrogens with zero attached hydrogens (tertiary/aromatic N) is 4. The molecule has 0 aliphatic carbocycles. The van der Waals surface area contributed by atoms with Crippen LogP contribution in [0.1, 0.15) is 31.7 Å². The van der Waals surface area contributed by atoms with Crippen molar-refractivity contribution >= 4 is 29.9 Å². The van der Waals surface area contributed by atoms with Gasteiger partial charge in [-0.1, -0.05) is 6.07 Å². The molecule has 1 unspecified atom stereocenters. The standard InChI is InChI=1S/C18H25FN6O.HI/c1-3-20-18(24-14-6-8-17-22-12-23-25(17)11-14)21-10-13-5-7-16(26-4-2)15(19)9-13;/h5,7,9,12,14H,3-4,6,8,10-11H2,1-2H3,(H2,20,21,24);1H. The number of aliphatic imine (C=N–C) groups is 1. The zero-order chi connectivity index (χ0) is 18.4. The molecule has 2 heterocycles. The molecule has 1 aliphatic heterocycles. The molecule has 0 amide bonds. The van der Waals surface area contributed by atoms with Gasteiger partial charge in [-0.15, -0.1) is 24.0 Å². The average molecular weight is 488 g/mol. The van der Waals surface area contributed by atoms with Crippen molar-refractivity contribution < 1.29 is 9.13 Å². The number of rotatable bonds is 6. The Kier molecular flexibility index (Phi) is 8.26. The Labute approximate surface area is 175 Å². The van der Waals surface area contributed by atoms with E-state index in [9.17, 15) is 4.39 Å². The molecule has 0 saturated heterocycles. The highest BCUT2D eigenvalue weighted by atomic mass is 127. The normalized spacial score (nSPS) is 16.3. The molecule has 1 aromatic carbocycles. The van der Waals surface area contributed by atoms with Crippen LogP contribution >= 0.6 is 24.0 Å². The van der Waals surface area contributed by atoms with Gasteiger partial charge in [0.15, 0.2) is 17.5 Å². The number of benzene rings is 1. The van der Waals surface area contributed by atoms with E-state index in [4.69, 9.17) is 4.74 Å². The van der Waals surface area contributed by atoms with Crippen molar-refractivity contribution in [1.29, 1.82) is 0 Å². The molecule has 0 fully saturated rings. The van der Waals surface area contributed by atoms with Crippen molar-refractivity contribution in [1.82, 2.24) is 25.4 Å². The molecular weight excluding hydrogens is 462 g/mol. The molecule has 9 heteroatoms. The van der Waals surface area contributed by atoms with Crippen molar-refractivity contribution in [3.05, 3.63) is 41.7 Å². The van der Waals surface area contributed by atoms with Gasteiger partial charge in [0.25, 0.3) is 0 Å². The zero-order valence-electron chi connectivity index (χ0n) is 15.6. The van der Waals surface area contributed by atoms with Gasteiger partial charge in [0.05, 0.1) is 19.7 Å². The summed E-state index contributed by atoms with van der Waals surface area (Å²) in [5.41, 5.74) is 0.797. The van der Waals surface area contributed by atoms with Gasteiger partial charge in [-0.3, -0.25) is 0 Å². The summed E-state index contributed by atoms with van der Waals surface area (Å²) >= 11 is 0. The van der Waals surface area contributed by atoms with Crippen molar-refractivity contribution in [3.63, 3.8) is 0 Å². The van der Waals surface area contributed by atoms with E-state index in [1.807, 2.05) is 24.6 Å². The SMILES string of the molecule is CCNC(=NCc1ccc(OCC)c(F)c1)NC1CCc2ncnn2C1.I.